The number of carbonyl (C=O) groups excluding carboxylic acids is 2. The summed E-state index contributed by atoms with van der Waals surface area (Å²) in [5.41, 5.74) is 5.37. The molecule has 2 amide bonds. The molecule has 2 rings (SSSR count). The zero-order chi connectivity index (χ0) is 12.8. The molecule has 0 bridgehead atoms. The number of amides is 2. The lowest BCUT2D eigenvalue weighted by molar-refractivity contribution is -0.122. The summed E-state index contributed by atoms with van der Waals surface area (Å²) in [4.78, 5) is 23.2. The Labute approximate surface area is 106 Å². The molecule has 0 saturated carbocycles. The summed E-state index contributed by atoms with van der Waals surface area (Å²) in [5.74, 6) is -0.152. The van der Waals surface area contributed by atoms with Gasteiger partial charge >= 0.3 is 0 Å². The van der Waals surface area contributed by atoms with E-state index in [4.69, 9.17) is 0 Å². The van der Waals surface area contributed by atoms with Crippen LogP contribution in [0.3, 0.4) is 0 Å². The Bertz CT molecular complexity index is 454. The van der Waals surface area contributed by atoms with Crippen LogP contribution >= 0.6 is 0 Å². The van der Waals surface area contributed by atoms with Crippen LogP contribution in [0.15, 0.2) is 42.5 Å². The summed E-state index contributed by atoms with van der Waals surface area (Å²) in [6.45, 7) is 0. The monoisotopic (exact) mass is 244 g/mol. The molecule has 0 aromatic heterocycles. The Hall–Kier alpha value is -2.10. The van der Waals surface area contributed by atoms with E-state index in [-0.39, 0.29) is 11.8 Å². The van der Waals surface area contributed by atoms with Crippen molar-refractivity contribution in [2.24, 2.45) is 5.92 Å². The number of hydrazine groups is 1. The second-order valence-electron chi connectivity index (χ2n) is 4.34. The van der Waals surface area contributed by atoms with Crippen LogP contribution in [0.4, 0.5) is 0 Å². The molecule has 4 nitrogen and oxygen atoms in total. The molecule has 1 aliphatic carbocycles. The van der Waals surface area contributed by atoms with E-state index in [1.807, 2.05) is 6.07 Å². The summed E-state index contributed by atoms with van der Waals surface area (Å²) in [7, 11) is 0. The number of carbonyl (C=O) groups is 2. The average molecular weight is 244 g/mol. The van der Waals surface area contributed by atoms with Crippen LogP contribution in [0.25, 0.3) is 0 Å². The molecule has 0 saturated heterocycles. The van der Waals surface area contributed by atoms with Crippen molar-refractivity contribution in [2.45, 2.75) is 19.3 Å². The van der Waals surface area contributed by atoms with Gasteiger partial charge in [0.05, 0.1) is 0 Å². The smallest absolute Gasteiger partial charge is 0.269 e. The molecule has 0 spiro atoms. The van der Waals surface area contributed by atoms with Crippen LogP contribution in [-0.4, -0.2) is 11.8 Å². The third-order valence-electron chi connectivity index (χ3n) is 2.91. The molecule has 0 fully saturated rings. The highest BCUT2D eigenvalue weighted by molar-refractivity contribution is 5.95. The highest BCUT2D eigenvalue weighted by atomic mass is 16.2. The number of hydrogen-bond acceptors (Lipinski definition) is 2. The molecule has 1 aromatic rings. The van der Waals surface area contributed by atoms with Crippen molar-refractivity contribution in [2.75, 3.05) is 0 Å². The Morgan fingerprint density at radius 3 is 2.61 bits per heavy atom. The lowest BCUT2D eigenvalue weighted by Crippen LogP contribution is -2.42. The highest BCUT2D eigenvalue weighted by Crippen LogP contribution is 2.19. The average Bonchev–Trinajstić information content (AvgIpc) is 2.90. The zero-order valence-electron chi connectivity index (χ0n) is 10.1. The Balaban J connectivity index is 1.75. The molecule has 1 aliphatic rings. The van der Waals surface area contributed by atoms with Crippen molar-refractivity contribution in [3.63, 3.8) is 0 Å². The maximum absolute atomic E-state index is 11.6. The lowest BCUT2D eigenvalue weighted by Gasteiger charge is -2.09. The van der Waals surface area contributed by atoms with Gasteiger partial charge in [-0.15, -0.1) is 0 Å². The molecule has 2 N–H and O–H groups in total. The fourth-order valence-electron chi connectivity index (χ4n) is 1.94. The number of allylic oxidation sites excluding steroid dienone is 2. The van der Waals surface area contributed by atoms with Gasteiger partial charge in [0, 0.05) is 12.0 Å². The van der Waals surface area contributed by atoms with Crippen molar-refractivity contribution in [1.82, 2.24) is 10.9 Å². The minimum Gasteiger partial charge on any atom is -0.273 e. The summed E-state index contributed by atoms with van der Waals surface area (Å²) in [6.07, 6.45) is 6.61. The van der Waals surface area contributed by atoms with Gasteiger partial charge in [-0.3, -0.25) is 20.4 Å². The van der Waals surface area contributed by atoms with Gasteiger partial charge in [0.1, 0.15) is 0 Å². The summed E-state index contributed by atoms with van der Waals surface area (Å²) in [5, 5.41) is 0. The van der Waals surface area contributed by atoms with Gasteiger partial charge in [-0.05, 0) is 30.9 Å². The molecule has 0 aliphatic heterocycles. The van der Waals surface area contributed by atoms with Gasteiger partial charge in [-0.1, -0.05) is 30.4 Å². The number of hydrogen-bond donors (Lipinski definition) is 2. The predicted octanol–water partition coefficient (Wildman–Crippen LogP) is 1.80. The van der Waals surface area contributed by atoms with Crippen molar-refractivity contribution < 1.29 is 9.59 Å². The van der Waals surface area contributed by atoms with E-state index in [1.54, 1.807) is 24.3 Å². The van der Waals surface area contributed by atoms with Crippen molar-refractivity contribution in [3.8, 4) is 0 Å². The molecule has 94 valence electrons. The largest absolute Gasteiger partial charge is 0.273 e. The van der Waals surface area contributed by atoms with E-state index in [0.29, 0.717) is 17.9 Å². The quantitative estimate of drug-likeness (QED) is 0.629. The van der Waals surface area contributed by atoms with Crippen LogP contribution in [-0.2, 0) is 4.79 Å². The van der Waals surface area contributed by atoms with E-state index in [2.05, 4.69) is 23.0 Å². The van der Waals surface area contributed by atoms with E-state index in [0.717, 1.165) is 12.8 Å². The van der Waals surface area contributed by atoms with Gasteiger partial charge in [0.25, 0.3) is 5.91 Å². The number of nitrogens with one attached hydrogen (secondary N) is 2. The van der Waals surface area contributed by atoms with Gasteiger partial charge in [0.2, 0.25) is 5.91 Å². The number of rotatable bonds is 3. The minimum absolute atomic E-state index is 0.157. The first-order chi connectivity index (χ1) is 8.75. The molecule has 0 unspecified atom stereocenters. The fraction of sp³-hybridized carbons (Fsp3) is 0.286. The first kappa shape index (κ1) is 12.4. The third-order valence-corrected chi connectivity index (χ3v) is 2.91. The number of benzene rings is 1. The second-order valence-corrected chi connectivity index (χ2v) is 4.34. The summed E-state index contributed by atoms with van der Waals surface area (Å²) < 4.78 is 0. The minimum atomic E-state index is -0.300. The van der Waals surface area contributed by atoms with Crippen LogP contribution < -0.4 is 10.9 Å². The normalized spacial score (nSPS) is 17.4. The van der Waals surface area contributed by atoms with E-state index in [9.17, 15) is 9.59 Å². The van der Waals surface area contributed by atoms with Gasteiger partial charge < -0.3 is 0 Å². The Morgan fingerprint density at radius 1 is 1.17 bits per heavy atom. The molecule has 1 atom stereocenters. The van der Waals surface area contributed by atoms with E-state index in [1.165, 1.54) is 0 Å². The van der Waals surface area contributed by atoms with Crippen LogP contribution in [0.5, 0.6) is 0 Å². The SMILES string of the molecule is O=C(C[C@@H]1C=CCC1)NNC(=O)c1ccccc1. The van der Waals surface area contributed by atoms with Crippen LogP contribution in [0.1, 0.15) is 29.6 Å². The Morgan fingerprint density at radius 2 is 1.94 bits per heavy atom. The fourth-order valence-corrected chi connectivity index (χ4v) is 1.94. The van der Waals surface area contributed by atoms with Crippen LogP contribution in [0.2, 0.25) is 0 Å². The first-order valence-electron chi connectivity index (χ1n) is 6.06. The Kier molecular flexibility index (Phi) is 4.12. The van der Waals surface area contributed by atoms with Gasteiger partial charge in [0.15, 0.2) is 0 Å². The first-order valence-corrected chi connectivity index (χ1v) is 6.06. The predicted molar refractivity (Wildman–Crippen MR) is 68.5 cm³/mol. The van der Waals surface area contributed by atoms with Gasteiger partial charge in [-0.25, -0.2) is 0 Å². The topological polar surface area (TPSA) is 58.2 Å². The molecule has 1 aromatic carbocycles. The van der Waals surface area contributed by atoms with E-state index < -0.39 is 0 Å². The zero-order valence-corrected chi connectivity index (χ0v) is 10.1. The molecule has 4 heteroatoms. The maximum Gasteiger partial charge on any atom is 0.269 e. The second kappa shape index (κ2) is 6.00. The molecular weight excluding hydrogens is 228 g/mol. The molecule has 0 heterocycles. The standard InChI is InChI=1S/C14H16N2O2/c17-13(10-11-6-4-5-7-11)15-16-14(18)12-8-2-1-3-9-12/h1-4,6,8-9,11H,5,7,10H2,(H,15,17)(H,16,18)/t11-/m1/s1. The highest BCUT2D eigenvalue weighted by Gasteiger charge is 2.14. The summed E-state index contributed by atoms with van der Waals surface area (Å²) >= 11 is 0. The molecule has 18 heavy (non-hydrogen) atoms. The van der Waals surface area contributed by atoms with Crippen molar-refractivity contribution in [3.05, 3.63) is 48.0 Å². The van der Waals surface area contributed by atoms with Crippen molar-refractivity contribution >= 4 is 11.8 Å². The summed E-state index contributed by atoms with van der Waals surface area (Å²) in [6, 6.07) is 8.78. The van der Waals surface area contributed by atoms with Crippen molar-refractivity contribution in [1.29, 1.82) is 0 Å². The van der Waals surface area contributed by atoms with E-state index >= 15 is 0 Å². The van der Waals surface area contributed by atoms with Crippen LogP contribution in [0, 0.1) is 5.92 Å². The third kappa shape index (κ3) is 3.45. The molecule has 0 radical (unpaired) electrons. The maximum atomic E-state index is 11.6. The van der Waals surface area contributed by atoms with Gasteiger partial charge in [-0.2, -0.15) is 0 Å². The molecular formula is C14H16N2O2. The lowest BCUT2D eigenvalue weighted by atomic mass is 10.1.